The van der Waals surface area contributed by atoms with E-state index in [-0.39, 0.29) is 41.6 Å². The number of hydrogen-bond donors (Lipinski definition) is 2. The number of alkyl halides is 3. The number of imide groups is 2. The van der Waals surface area contributed by atoms with Crippen molar-refractivity contribution in [1.29, 1.82) is 0 Å². The number of phenolic OH excluding ortho intramolecular Hbond substituents is 1. The number of ether oxygens (including phenoxy) is 2. The predicted octanol–water partition coefficient (Wildman–Crippen LogP) is 5.74. The van der Waals surface area contributed by atoms with E-state index in [0.29, 0.717) is 33.4 Å². The lowest BCUT2D eigenvalue weighted by atomic mass is 9.49. The van der Waals surface area contributed by atoms with Gasteiger partial charge in [-0.3, -0.25) is 29.5 Å². The zero-order valence-corrected chi connectivity index (χ0v) is 28.6. The van der Waals surface area contributed by atoms with Crippen molar-refractivity contribution < 1.29 is 46.9 Å². The second-order valence-electron chi connectivity index (χ2n) is 12.9. The summed E-state index contributed by atoms with van der Waals surface area (Å²) >= 11 is 12.5. The molecule has 3 aromatic rings. The smallest absolute Gasteiger partial charge is 0.417 e. The molecule has 4 amide bonds. The van der Waals surface area contributed by atoms with Gasteiger partial charge >= 0.3 is 6.18 Å². The van der Waals surface area contributed by atoms with Crippen LogP contribution in [0.15, 0.2) is 60.3 Å². The summed E-state index contributed by atoms with van der Waals surface area (Å²) in [6, 6.07) is 9.70. The van der Waals surface area contributed by atoms with E-state index in [0.717, 1.165) is 4.90 Å². The highest BCUT2D eigenvalue weighted by Gasteiger charge is 2.71. The molecule has 6 unspecified atom stereocenters. The normalized spacial score (nSPS) is 27.2. The number of phenols is 1. The molecule has 7 rings (SSSR count). The Morgan fingerprint density at radius 1 is 0.980 bits per heavy atom. The number of nitrogens with one attached hydrogen (secondary N) is 1. The molecular formula is C35H29Cl2F3N4O7. The van der Waals surface area contributed by atoms with Gasteiger partial charge in [0.15, 0.2) is 5.82 Å². The lowest BCUT2D eigenvalue weighted by molar-refractivity contribution is -0.140. The largest absolute Gasteiger partial charge is 0.507 e. The average molecular weight is 746 g/mol. The van der Waals surface area contributed by atoms with Gasteiger partial charge in [0.05, 0.1) is 48.0 Å². The molecule has 6 atom stereocenters. The number of carbonyl (C=O) groups is 4. The summed E-state index contributed by atoms with van der Waals surface area (Å²) in [5.41, 5.74) is 0.536. The summed E-state index contributed by atoms with van der Waals surface area (Å²) in [5, 5.41) is 12.2. The molecule has 2 aliphatic carbocycles. The van der Waals surface area contributed by atoms with E-state index in [1.54, 1.807) is 30.3 Å². The number of allylic oxidation sites excluding steroid dienone is 2. The first-order chi connectivity index (χ1) is 24.1. The van der Waals surface area contributed by atoms with Crippen LogP contribution in [0.5, 0.6) is 17.2 Å². The quantitative estimate of drug-likeness (QED) is 0.239. The maximum atomic E-state index is 15.2. The van der Waals surface area contributed by atoms with Crippen molar-refractivity contribution in [3.05, 3.63) is 87.0 Å². The molecule has 266 valence electrons. The van der Waals surface area contributed by atoms with E-state index in [9.17, 15) is 32.7 Å². The van der Waals surface area contributed by atoms with Gasteiger partial charge in [-0.15, -0.1) is 0 Å². The number of aromatic hydroxyl groups is 1. The van der Waals surface area contributed by atoms with Gasteiger partial charge in [-0.25, -0.2) is 4.98 Å². The van der Waals surface area contributed by atoms with Gasteiger partial charge in [-0.1, -0.05) is 47.0 Å². The van der Waals surface area contributed by atoms with E-state index < -0.39 is 75.3 Å². The van der Waals surface area contributed by atoms with Gasteiger partial charge in [0.25, 0.3) is 11.8 Å². The minimum atomic E-state index is -4.76. The minimum Gasteiger partial charge on any atom is -0.507 e. The fraction of sp³-hybridized carbons (Fsp3) is 0.343. The monoisotopic (exact) mass is 744 g/mol. The van der Waals surface area contributed by atoms with Crippen LogP contribution in [0.4, 0.5) is 19.0 Å². The molecule has 4 aliphatic rings. The number of carbonyl (C=O) groups excluding carboxylic acids is 4. The number of aromatic nitrogens is 1. The molecule has 2 saturated heterocycles. The van der Waals surface area contributed by atoms with Crippen LogP contribution in [0, 0.1) is 23.7 Å². The van der Waals surface area contributed by atoms with Gasteiger partial charge in [0, 0.05) is 41.9 Å². The van der Waals surface area contributed by atoms with Crippen molar-refractivity contribution in [1.82, 2.24) is 14.9 Å². The molecule has 11 nitrogen and oxygen atoms in total. The Morgan fingerprint density at radius 2 is 1.69 bits per heavy atom. The van der Waals surface area contributed by atoms with Gasteiger partial charge in [-0.2, -0.15) is 18.2 Å². The Hall–Kier alpha value is -4.82. The summed E-state index contributed by atoms with van der Waals surface area (Å²) in [7, 11) is 4.15. The molecule has 1 aromatic heterocycles. The van der Waals surface area contributed by atoms with E-state index >= 15 is 4.79 Å². The van der Waals surface area contributed by atoms with Crippen LogP contribution >= 0.6 is 23.2 Å². The molecule has 16 heteroatoms. The van der Waals surface area contributed by atoms with Gasteiger partial charge in [-0.05, 0) is 42.5 Å². The Labute approximate surface area is 298 Å². The SMILES string of the molecule is COc1cc(O)c(C2C3=CCC4C(=O)N(C)C(=O)C4C3CC3C(=O)N(Nc4ncc(C(F)(F)F)cc4Cl)C(=O)C32c2ccc(Cl)cc2)c(OC)c1. The number of halogens is 5. The highest BCUT2D eigenvalue weighted by atomic mass is 35.5. The Bertz CT molecular complexity index is 2040. The van der Waals surface area contributed by atoms with Crippen molar-refractivity contribution in [3.8, 4) is 17.2 Å². The van der Waals surface area contributed by atoms with Crippen molar-refractivity contribution in [2.75, 3.05) is 26.7 Å². The van der Waals surface area contributed by atoms with Crippen LogP contribution < -0.4 is 14.9 Å². The molecule has 0 spiro atoms. The van der Waals surface area contributed by atoms with Crippen LogP contribution in [0.25, 0.3) is 0 Å². The fourth-order valence-corrected chi connectivity index (χ4v) is 8.75. The molecule has 51 heavy (non-hydrogen) atoms. The van der Waals surface area contributed by atoms with Gasteiger partial charge in [0.2, 0.25) is 11.8 Å². The minimum absolute atomic E-state index is 0.0743. The van der Waals surface area contributed by atoms with Crippen molar-refractivity contribution >= 4 is 52.6 Å². The Balaban J connectivity index is 1.49. The molecule has 2 N–H and O–H groups in total. The average Bonchev–Trinajstić information content (AvgIpc) is 3.45. The second-order valence-corrected chi connectivity index (χ2v) is 13.8. The zero-order valence-electron chi connectivity index (χ0n) is 27.1. The molecular weight excluding hydrogens is 716 g/mol. The lowest BCUT2D eigenvalue weighted by Gasteiger charge is -2.50. The maximum absolute atomic E-state index is 15.2. The molecule has 3 fully saturated rings. The number of hydrazine groups is 1. The number of hydrogen-bond acceptors (Lipinski definition) is 9. The third-order valence-corrected chi connectivity index (χ3v) is 11.2. The maximum Gasteiger partial charge on any atom is 0.417 e. The molecule has 1 saturated carbocycles. The van der Waals surface area contributed by atoms with Crippen molar-refractivity contribution in [3.63, 3.8) is 0 Å². The number of fused-ring (bicyclic) bond motifs is 4. The lowest BCUT2D eigenvalue weighted by Crippen LogP contribution is -2.53. The van der Waals surface area contributed by atoms with Crippen LogP contribution in [0.2, 0.25) is 10.0 Å². The summed E-state index contributed by atoms with van der Waals surface area (Å²) in [4.78, 5) is 61.7. The second kappa shape index (κ2) is 12.2. The summed E-state index contributed by atoms with van der Waals surface area (Å²) in [6.45, 7) is 0. The van der Waals surface area contributed by atoms with Crippen LogP contribution in [-0.2, 0) is 30.8 Å². The summed E-state index contributed by atoms with van der Waals surface area (Å²) in [6.07, 6.45) is -2.38. The first-order valence-electron chi connectivity index (χ1n) is 15.7. The number of amides is 4. The van der Waals surface area contributed by atoms with E-state index in [1.807, 2.05) is 0 Å². The van der Waals surface area contributed by atoms with Crippen molar-refractivity contribution in [2.24, 2.45) is 23.7 Å². The topological polar surface area (TPSA) is 138 Å². The Kier molecular flexibility index (Phi) is 8.25. The van der Waals surface area contributed by atoms with E-state index in [4.69, 9.17) is 32.7 Å². The fourth-order valence-electron chi connectivity index (χ4n) is 8.42. The van der Waals surface area contributed by atoms with Crippen LogP contribution in [-0.4, -0.2) is 64.9 Å². The van der Waals surface area contributed by atoms with E-state index in [2.05, 4.69) is 10.4 Å². The number of likely N-dealkylation sites (tertiary alicyclic amines) is 1. The predicted molar refractivity (Wildman–Crippen MR) is 176 cm³/mol. The standard InChI is InChI=1S/C35H29Cl2F3N4O7/c1-43-30(46)20-9-8-19-21(26(20)32(43)48)13-22-31(47)44(42-29-23(37)10-16(14-41-29)35(38,39)40)33(49)34(22,15-4-6-17(36)7-5-15)28(19)27-24(45)11-18(50-2)12-25(27)51-3/h4-8,10-12,14,20-22,26,28,45H,9,13H2,1-3H3,(H,41,42). The summed E-state index contributed by atoms with van der Waals surface area (Å²) < 4.78 is 51.4. The van der Waals surface area contributed by atoms with Crippen molar-refractivity contribution in [2.45, 2.75) is 30.4 Å². The van der Waals surface area contributed by atoms with Gasteiger partial charge < -0.3 is 14.6 Å². The number of anilines is 1. The van der Waals surface area contributed by atoms with Crippen LogP contribution in [0.1, 0.15) is 35.4 Å². The van der Waals surface area contributed by atoms with Gasteiger partial charge in [0.1, 0.15) is 17.2 Å². The molecule has 2 aromatic carbocycles. The highest BCUT2D eigenvalue weighted by molar-refractivity contribution is 6.33. The summed E-state index contributed by atoms with van der Waals surface area (Å²) in [5.74, 6) is -7.57. The molecule has 3 heterocycles. The molecule has 0 radical (unpaired) electrons. The number of benzene rings is 2. The number of nitrogens with zero attached hydrogens (tertiary/aromatic N) is 3. The molecule has 0 bridgehead atoms. The number of rotatable bonds is 6. The van der Waals surface area contributed by atoms with Crippen LogP contribution in [0.3, 0.4) is 0 Å². The first kappa shape index (κ1) is 34.6. The highest BCUT2D eigenvalue weighted by Crippen LogP contribution is 2.66. The third kappa shape index (κ3) is 5.05. The first-order valence-corrected chi connectivity index (χ1v) is 16.5. The number of pyridine rings is 1. The third-order valence-electron chi connectivity index (χ3n) is 10.6. The zero-order chi connectivity index (χ0) is 36.7. The Morgan fingerprint density at radius 3 is 2.31 bits per heavy atom. The number of methoxy groups -OCH3 is 2. The molecule has 2 aliphatic heterocycles. The van der Waals surface area contributed by atoms with E-state index in [1.165, 1.54) is 33.4 Å².